The van der Waals surface area contributed by atoms with Gasteiger partial charge in [-0.25, -0.2) is 4.98 Å². The molecular formula is C11H12N2O2S. The smallest absolute Gasteiger partial charge is 0.262 e. The first-order chi connectivity index (χ1) is 7.72. The van der Waals surface area contributed by atoms with E-state index in [1.54, 1.807) is 6.07 Å². The minimum atomic E-state index is -0.129. The van der Waals surface area contributed by atoms with E-state index in [1.807, 2.05) is 12.3 Å². The zero-order chi connectivity index (χ0) is 11.5. The molecule has 0 amide bonds. The zero-order valence-electron chi connectivity index (χ0n) is 8.97. The second kappa shape index (κ2) is 4.57. The molecule has 0 atom stereocenters. The van der Waals surface area contributed by atoms with Gasteiger partial charge in [0.15, 0.2) is 5.78 Å². The molecule has 2 aromatic rings. The molecule has 0 aliphatic rings. The summed E-state index contributed by atoms with van der Waals surface area (Å²) in [4.78, 5) is 28.2. The molecule has 0 bridgehead atoms. The summed E-state index contributed by atoms with van der Waals surface area (Å²) < 4.78 is 1.38. The highest BCUT2D eigenvalue weighted by Gasteiger charge is 2.07. The highest BCUT2D eigenvalue weighted by molar-refractivity contribution is 7.16. The molecule has 5 heteroatoms. The Kier molecular flexibility index (Phi) is 3.14. The third-order valence-corrected chi connectivity index (χ3v) is 3.15. The van der Waals surface area contributed by atoms with E-state index in [9.17, 15) is 9.59 Å². The fraction of sp³-hybridized carbons (Fsp3) is 0.364. The van der Waals surface area contributed by atoms with E-state index >= 15 is 0 Å². The van der Waals surface area contributed by atoms with Crippen molar-refractivity contribution < 1.29 is 4.79 Å². The van der Waals surface area contributed by atoms with Gasteiger partial charge in [0.2, 0.25) is 0 Å². The summed E-state index contributed by atoms with van der Waals surface area (Å²) in [7, 11) is 0. The SMILES string of the molecule is CCCC(=O)Cn1cnc2sccc2c1=O. The van der Waals surface area contributed by atoms with Crippen molar-refractivity contribution in [2.75, 3.05) is 0 Å². The molecule has 4 nitrogen and oxygen atoms in total. The molecule has 2 heterocycles. The third kappa shape index (κ3) is 2.04. The lowest BCUT2D eigenvalue weighted by atomic mass is 10.2. The molecule has 0 N–H and O–H groups in total. The van der Waals surface area contributed by atoms with Gasteiger partial charge in [0.05, 0.1) is 18.3 Å². The Balaban J connectivity index is 2.34. The minimum Gasteiger partial charge on any atom is -0.298 e. The van der Waals surface area contributed by atoms with Gasteiger partial charge < -0.3 is 0 Å². The highest BCUT2D eigenvalue weighted by Crippen LogP contribution is 2.13. The molecule has 0 radical (unpaired) electrons. The lowest BCUT2D eigenvalue weighted by Crippen LogP contribution is -2.23. The minimum absolute atomic E-state index is 0.0704. The molecule has 2 rings (SSSR count). The van der Waals surface area contributed by atoms with E-state index in [4.69, 9.17) is 0 Å². The molecule has 0 fully saturated rings. The predicted octanol–water partition coefficient (Wildman–Crippen LogP) is 1.83. The van der Waals surface area contributed by atoms with Crippen LogP contribution in [-0.2, 0) is 11.3 Å². The first-order valence-electron chi connectivity index (χ1n) is 5.16. The average molecular weight is 236 g/mol. The van der Waals surface area contributed by atoms with E-state index in [2.05, 4.69) is 4.98 Å². The van der Waals surface area contributed by atoms with E-state index in [0.717, 1.165) is 11.3 Å². The maximum Gasteiger partial charge on any atom is 0.262 e. The van der Waals surface area contributed by atoms with Gasteiger partial charge >= 0.3 is 0 Å². The summed E-state index contributed by atoms with van der Waals surface area (Å²) in [6.07, 6.45) is 2.77. The van der Waals surface area contributed by atoms with Crippen LogP contribution in [0, 0.1) is 0 Å². The molecule has 2 aromatic heterocycles. The number of fused-ring (bicyclic) bond motifs is 1. The molecule has 0 unspecified atom stereocenters. The van der Waals surface area contributed by atoms with E-state index in [0.29, 0.717) is 11.8 Å². The Labute approximate surface area is 96.6 Å². The monoisotopic (exact) mass is 236 g/mol. The van der Waals surface area contributed by atoms with Crippen molar-refractivity contribution in [3.8, 4) is 0 Å². The summed E-state index contributed by atoms with van der Waals surface area (Å²) in [6, 6.07) is 1.75. The quantitative estimate of drug-likeness (QED) is 0.813. The predicted molar refractivity (Wildman–Crippen MR) is 63.8 cm³/mol. The first kappa shape index (κ1) is 11.0. The Hall–Kier alpha value is -1.49. The van der Waals surface area contributed by atoms with Gasteiger partial charge in [0.25, 0.3) is 5.56 Å². The normalized spacial score (nSPS) is 10.8. The molecule has 0 aliphatic carbocycles. The maximum absolute atomic E-state index is 11.9. The van der Waals surface area contributed by atoms with Crippen LogP contribution < -0.4 is 5.56 Å². The zero-order valence-corrected chi connectivity index (χ0v) is 9.79. The van der Waals surface area contributed by atoms with Crippen molar-refractivity contribution >= 4 is 27.3 Å². The maximum atomic E-state index is 11.9. The number of carbonyl (C=O) groups excluding carboxylic acids is 1. The molecule has 0 spiro atoms. The van der Waals surface area contributed by atoms with Crippen molar-refractivity contribution in [2.24, 2.45) is 0 Å². The van der Waals surface area contributed by atoms with Gasteiger partial charge in [-0.1, -0.05) is 6.92 Å². The first-order valence-corrected chi connectivity index (χ1v) is 6.04. The average Bonchev–Trinajstić information content (AvgIpc) is 2.71. The Bertz CT molecular complexity index is 571. The van der Waals surface area contributed by atoms with Crippen LogP contribution in [0.4, 0.5) is 0 Å². The lowest BCUT2D eigenvalue weighted by molar-refractivity contribution is -0.119. The number of aromatic nitrogens is 2. The highest BCUT2D eigenvalue weighted by atomic mass is 32.1. The van der Waals surface area contributed by atoms with E-state index in [-0.39, 0.29) is 17.9 Å². The number of carbonyl (C=O) groups is 1. The van der Waals surface area contributed by atoms with Gasteiger partial charge in [-0.15, -0.1) is 11.3 Å². The number of hydrogen-bond donors (Lipinski definition) is 0. The second-order valence-corrected chi connectivity index (χ2v) is 4.50. The number of nitrogens with zero attached hydrogens (tertiary/aromatic N) is 2. The van der Waals surface area contributed by atoms with Crippen molar-refractivity contribution in [2.45, 2.75) is 26.3 Å². The second-order valence-electron chi connectivity index (χ2n) is 3.61. The van der Waals surface area contributed by atoms with Gasteiger partial charge in [-0.3, -0.25) is 14.2 Å². The Morgan fingerprint density at radius 3 is 3.12 bits per heavy atom. The third-order valence-electron chi connectivity index (χ3n) is 2.33. The lowest BCUT2D eigenvalue weighted by Gasteiger charge is -2.03. The van der Waals surface area contributed by atoms with Crippen molar-refractivity contribution in [3.63, 3.8) is 0 Å². The fourth-order valence-electron chi connectivity index (χ4n) is 1.55. The van der Waals surface area contributed by atoms with Gasteiger partial charge in [-0.2, -0.15) is 0 Å². The standard InChI is InChI=1S/C11H12N2O2S/c1-2-3-8(14)6-13-7-12-10-9(11(13)15)4-5-16-10/h4-5,7H,2-3,6H2,1H3. The topological polar surface area (TPSA) is 52.0 Å². The van der Waals surface area contributed by atoms with Gasteiger partial charge in [-0.05, 0) is 17.9 Å². The molecule has 84 valence electrons. The van der Waals surface area contributed by atoms with Crippen LogP contribution in [0.15, 0.2) is 22.6 Å². The summed E-state index contributed by atoms with van der Waals surface area (Å²) >= 11 is 1.43. The number of rotatable bonds is 4. The van der Waals surface area contributed by atoms with Gasteiger partial charge in [0, 0.05) is 6.42 Å². The van der Waals surface area contributed by atoms with Crippen LogP contribution in [0.5, 0.6) is 0 Å². The number of Topliss-reactive ketones (excluding diaryl/α,β-unsaturated/α-hetero) is 1. The van der Waals surface area contributed by atoms with Crippen LogP contribution >= 0.6 is 11.3 Å². The molecule has 0 saturated carbocycles. The molecule has 16 heavy (non-hydrogen) atoms. The van der Waals surface area contributed by atoms with E-state index < -0.39 is 0 Å². The van der Waals surface area contributed by atoms with Crippen LogP contribution in [0.3, 0.4) is 0 Å². The molecule has 0 aliphatic heterocycles. The molecule has 0 aromatic carbocycles. The van der Waals surface area contributed by atoms with Crippen LogP contribution in [0.2, 0.25) is 0 Å². The van der Waals surface area contributed by atoms with Gasteiger partial charge in [0.1, 0.15) is 4.83 Å². The molecular weight excluding hydrogens is 224 g/mol. The summed E-state index contributed by atoms with van der Waals surface area (Å²) in [5.41, 5.74) is -0.129. The molecule has 0 saturated heterocycles. The van der Waals surface area contributed by atoms with Crippen LogP contribution in [0.25, 0.3) is 10.2 Å². The van der Waals surface area contributed by atoms with E-state index in [1.165, 1.54) is 22.2 Å². The van der Waals surface area contributed by atoms with Crippen molar-refractivity contribution in [3.05, 3.63) is 28.1 Å². The Morgan fingerprint density at radius 2 is 2.38 bits per heavy atom. The van der Waals surface area contributed by atoms with Crippen LogP contribution in [-0.4, -0.2) is 15.3 Å². The summed E-state index contributed by atoms with van der Waals surface area (Å²) in [5, 5.41) is 2.42. The largest absolute Gasteiger partial charge is 0.298 e. The van der Waals surface area contributed by atoms with Crippen molar-refractivity contribution in [1.29, 1.82) is 0 Å². The summed E-state index contributed by atoms with van der Waals surface area (Å²) in [6.45, 7) is 2.08. The Morgan fingerprint density at radius 1 is 1.56 bits per heavy atom. The van der Waals surface area contributed by atoms with Crippen LogP contribution in [0.1, 0.15) is 19.8 Å². The van der Waals surface area contributed by atoms with Crippen molar-refractivity contribution in [1.82, 2.24) is 9.55 Å². The number of ketones is 1. The number of hydrogen-bond acceptors (Lipinski definition) is 4. The summed E-state index contributed by atoms with van der Waals surface area (Å²) in [5.74, 6) is 0.0704. The fourth-order valence-corrected chi connectivity index (χ4v) is 2.28. The number of thiophene rings is 1.